The molecule has 3 aromatic carbocycles. The average Bonchev–Trinajstić information content (AvgIpc) is 3.44. The van der Waals surface area contributed by atoms with Crippen molar-refractivity contribution in [3.8, 4) is 0 Å². The van der Waals surface area contributed by atoms with Crippen LogP contribution in [-0.4, -0.2) is 65.0 Å². The fourth-order valence-corrected chi connectivity index (χ4v) is 7.30. The van der Waals surface area contributed by atoms with Crippen LogP contribution in [0, 0.1) is 17.0 Å². The van der Waals surface area contributed by atoms with Crippen LogP contribution in [0.1, 0.15) is 16.7 Å². The first-order chi connectivity index (χ1) is 19.8. The minimum absolute atomic E-state index is 0.147. The Hall–Kier alpha value is -3.64. The van der Waals surface area contributed by atoms with E-state index in [-0.39, 0.29) is 35.8 Å². The van der Waals surface area contributed by atoms with Crippen molar-refractivity contribution in [1.29, 1.82) is 0 Å². The maximum absolute atomic E-state index is 14.4. The molecular weight excluding hydrogens is 564 g/mol. The van der Waals surface area contributed by atoms with E-state index in [1.807, 2.05) is 67.6 Å². The number of benzene rings is 3. The van der Waals surface area contributed by atoms with Gasteiger partial charge in [0.2, 0.25) is 10.8 Å². The summed E-state index contributed by atoms with van der Waals surface area (Å²) >= 11 is 7.60. The van der Waals surface area contributed by atoms with E-state index in [2.05, 4.69) is 10.2 Å². The summed E-state index contributed by atoms with van der Waals surface area (Å²) in [7, 11) is 0. The van der Waals surface area contributed by atoms with E-state index in [0.717, 1.165) is 22.4 Å². The monoisotopic (exact) mass is 592 g/mol. The van der Waals surface area contributed by atoms with Gasteiger partial charge >= 0.3 is 0 Å². The predicted molar refractivity (Wildman–Crippen MR) is 159 cm³/mol. The standard InChI is InChI=1S/C29H29ClN6O4S/c1-20-15-22(11-12-24(20)30)35-27(37)18-41-29(35)23-9-5-6-10-25(23)33(28(29)38)19-32-13-14-34(36(39)40)26(17-32)31-16-21-7-3-2-4-8-21/h2-12,15,26,31H,13-14,16-19H2,1H3/t26-,29-/m0/s1. The van der Waals surface area contributed by atoms with Gasteiger partial charge in [-0.3, -0.25) is 29.6 Å². The van der Waals surface area contributed by atoms with Gasteiger partial charge in [-0.05, 0) is 42.3 Å². The third-order valence-electron chi connectivity index (χ3n) is 7.84. The molecule has 0 aliphatic carbocycles. The molecule has 0 aromatic heterocycles. The Balaban J connectivity index is 1.28. The zero-order valence-electron chi connectivity index (χ0n) is 22.4. The highest BCUT2D eigenvalue weighted by molar-refractivity contribution is 8.02. The quantitative estimate of drug-likeness (QED) is 0.326. The number of carbonyl (C=O) groups is 2. The van der Waals surface area contributed by atoms with Crippen LogP contribution < -0.4 is 15.1 Å². The first-order valence-electron chi connectivity index (χ1n) is 13.3. The molecular formula is C29H29ClN6O4S. The molecule has 2 amide bonds. The van der Waals surface area contributed by atoms with Crippen LogP contribution >= 0.6 is 23.4 Å². The second-order valence-corrected chi connectivity index (χ2v) is 11.9. The maximum atomic E-state index is 14.4. The van der Waals surface area contributed by atoms with E-state index in [9.17, 15) is 19.7 Å². The number of amides is 2. The minimum atomic E-state index is -1.23. The van der Waals surface area contributed by atoms with Gasteiger partial charge in [0, 0.05) is 35.9 Å². The number of hydrazine groups is 1. The number of nitro groups is 1. The molecule has 0 bridgehead atoms. The molecule has 0 radical (unpaired) electrons. The summed E-state index contributed by atoms with van der Waals surface area (Å²) in [6.45, 7) is 3.56. The first-order valence-corrected chi connectivity index (χ1v) is 14.7. The summed E-state index contributed by atoms with van der Waals surface area (Å²) in [4.78, 5) is 43.7. The van der Waals surface area contributed by atoms with E-state index in [1.165, 1.54) is 16.8 Å². The molecule has 1 N–H and O–H groups in total. The molecule has 41 heavy (non-hydrogen) atoms. The number of aryl methyl sites for hydroxylation is 1. The van der Waals surface area contributed by atoms with Gasteiger partial charge in [0.15, 0.2) is 11.2 Å². The molecule has 2 fully saturated rings. The van der Waals surface area contributed by atoms with Crippen molar-refractivity contribution in [1.82, 2.24) is 15.2 Å². The van der Waals surface area contributed by atoms with Gasteiger partial charge in [-0.1, -0.05) is 60.1 Å². The smallest absolute Gasteiger partial charge is 0.269 e. The molecule has 212 valence electrons. The summed E-state index contributed by atoms with van der Waals surface area (Å²) in [6, 6.07) is 22.7. The van der Waals surface area contributed by atoms with Gasteiger partial charge in [-0.15, -0.1) is 16.8 Å². The SMILES string of the molecule is Cc1cc(N2C(=O)CS[C@@]23C(=O)N(CN2CCN([N+](=O)[O-])[C@H](NCc4ccccc4)C2)c2ccccc23)ccc1Cl. The highest BCUT2D eigenvalue weighted by atomic mass is 35.5. The van der Waals surface area contributed by atoms with Gasteiger partial charge in [0.05, 0.1) is 24.7 Å². The summed E-state index contributed by atoms with van der Waals surface area (Å²) in [6.07, 6.45) is -0.545. The van der Waals surface area contributed by atoms with Crippen molar-refractivity contribution in [2.45, 2.75) is 24.5 Å². The Bertz CT molecular complexity index is 1510. The van der Waals surface area contributed by atoms with E-state index < -0.39 is 11.0 Å². The predicted octanol–water partition coefficient (Wildman–Crippen LogP) is 3.81. The zero-order chi connectivity index (χ0) is 28.7. The summed E-state index contributed by atoms with van der Waals surface area (Å²) in [5.41, 5.74) is 3.96. The lowest BCUT2D eigenvalue weighted by atomic mass is 10.0. The van der Waals surface area contributed by atoms with Crippen molar-refractivity contribution in [3.63, 3.8) is 0 Å². The summed E-state index contributed by atoms with van der Waals surface area (Å²) in [5.74, 6) is -0.179. The van der Waals surface area contributed by atoms with Gasteiger partial charge in [-0.2, -0.15) is 0 Å². The van der Waals surface area contributed by atoms with Crippen molar-refractivity contribution in [2.75, 3.05) is 41.9 Å². The largest absolute Gasteiger partial charge is 0.295 e. The van der Waals surface area contributed by atoms with E-state index in [0.29, 0.717) is 30.3 Å². The van der Waals surface area contributed by atoms with E-state index >= 15 is 0 Å². The molecule has 0 saturated carbocycles. The lowest BCUT2D eigenvalue weighted by molar-refractivity contribution is -0.668. The molecule has 1 spiro atoms. The number of nitrogens with zero attached hydrogens (tertiary/aromatic N) is 5. The van der Waals surface area contributed by atoms with Crippen molar-refractivity contribution in [3.05, 3.63) is 105 Å². The van der Waals surface area contributed by atoms with Crippen LogP contribution in [0.15, 0.2) is 72.8 Å². The Labute approximate surface area is 247 Å². The minimum Gasteiger partial charge on any atom is -0.295 e. The molecule has 3 heterocycles. The number of halogens is 1. The lowest BCUT2D eigenvalue weighted by Crippen LogP contribution is -2.62. The number of hydrogen-bond acceptors (Lipinski definition) is 7. The number of rotatable bonds is 7. The average molecular weight is 593 g/mol. The van der Waals surface area contributed by atoms with Crippen molar-refractivity contribution >= 4 is 46.6 Å². The fourth-order valence-electron chi connectivity index (χ4n) is 5.82. The fraction of sp³-hybridized carbons (Fsp3) is 0.310. The second-order valence-electron chi connectivity index (χ2n) is 10.3. The highest BCUT2D eigenvalue weighted by Crippen LogP contribution is 2.55. The Morgan fingerprint density at radius 2 is 1.83 bits per heavy atom. The third kappa shape index (κ3) is 4.82. The summed E-state index contributed by atoms with van der Waals surface area (Å²) < 4.78 is 0. The number of piperazine rings is 1. The van der Waals surface area contributed by atoms with Crippen LogP contribution in [0.2, 0.25) is 5.02 Å². The molecule has 0 unspecified atom stereocenters. The van der Waals surface area contributed by atoms with Crippen LogP contribution in [0.4, 0.5) is 11.4 Å². The van der Waals surface area contributed by atoms with Gasteiger partial charge in [0.25, 0.3) is 5.91 Å². The normalized spacial score (nSPS) is 22.6. The second kappa shape index (κ2) is 11.0. The third-order valence-corrected chi connectivity index (χ3v) is 9.65. The number of anilines is 2. The Morgan fingerprint density at radius 3 is 2.59 bits per heavy atom. The van der Waals surface area contributed by atoms with Crippen LogP contribution in [0.25, 0.3) is 0 Å². The van der Waals surface area contributed by atoms with Gasteiger partial charge < -0.3 is 0 Å². The van der Waals surface area contributed by atoms with E-state index in [4.69, 9.17) is 11.6 Å². The summed E-state index contributed by atoms with van der Waals surface area (Å²) in [5, 5.41) is 16.6. The number of nitrogens with one attached hydrogen (secondary N) is 1. The number of para-hydroxylation sites is 1. The Kier molecular flexibility index (Phi) is 7.37. The molecule has 3 aliphatic rings. The number of fused-ring (bicyclic) bond motifs is 2. The molecule has 2 atom stereocenters. The molecule has 2 saturated heterocycles. The van der Waals surface area contributed by atoms with Crippen LogP contribution in [0.5, 0.6) is 0 Å². The van der Waals surface area contributed by atoms with Crippen LogP contribution in [-0.2, 0) is 21.0 Å². The van der Waals surface area contributed by atoms with Crippen molar-refractivity contribution in [2.24, 2.45) is 0 Å². The molecule has 10 nitrogen and oxygen atoms in total. The molecule has 3 aliphatic heterocycles. The molecule has 6 rings (SSSR count). The van der Waals surface area contributed by atoms with Gasteiger partial charge in [0.1, 0.15) is 0 Å². The Morgan fingerprint density at radius 1 is 1.07 bits per heavy atom. The first kappa shape index (κ1) is 27.5. The topological polar surface area (TPSA) is 102 Å². The van der Waals surface area contributed by atoms with Gasteiger partial charge in [-0.25, -0.2) is 10.1 Å². The number of carbonyl (C=O) groups excluding carboxylic acids is 2. The highest BCUT2D eigenvalue weighted by Gasteiger charge is 2.61. The van der Waals surface area contributed by atoms with E-state index in [1.54, 1.807) is 21.9 Å². The zero-order valence-corrected chi connectivity index (χ0v) is 24.0. The maximum Gasteiger partial charge on any atom is 0.269 e. The number of hydrogen-bond donors (Lipinski definition) is 1. The number of thioether (sulfide) groups is 1. The van der Waals surface area contributed by atoms with Crippen LogP contribution in [0.3, 0.4) is 0 Å². The van der Waals surface area contributed by atoms with Crippen molar-refractivity contribution < 1.29 is 14.6 Å². The molecule has 3 aromatic rings. The molecule has 12 heteroatoms. The lowest BCUT2D eigenvalue weighted by Gasteiger charge is -2.39.